The Hall–Kier alpha value is -3.60. The fraction of sp³-hybridized carbons (Fsp3) is 0.200. The Kier molecular flexibility index (Phi) is 6.09. The molecule has 0 fully saturated rings. The van der Waals surface area contributed by atoms with Crippen LogP contribution in [0.4, 0.5) is 0 Å². The van der Waals surface area contributed by atoms with Gasteiger partial charge in [0, 0.05) is 11.1 Å². The van der Waals surface area contributed by atoms with E-state index in [1.54, 1.807) is 0 Å². The van der Waals surface area contributed by atoms with Gasteiger partial charge in [-0.3, -0.25) is 0 Å². The van der Waals surface area contributed by atoms with Gasteiger partial charge in [-0.05, 0) is 60.9 Å². The van der Waals surface area contributed by atoms with E-state index in [-0.39, 0.29) is 0 Å². The summed E-state index contributed by atoms with van der Waals surface area (Å²) in [4.78, 5) is 4.53. The van der Waals surface area contributed by atoms with Crippen LogP contribution in [0.1, 0.15) is 20.3 Å². The molecule has 0 spiro atoms. The van der Waals surface area contributed by atoms with Gasteiger partial charge in [0.1, 0.15) is 11.5 Å². The molecule has 5 nitrogen and oxygen atoms in total. The minimum Gasteiger partial charge on any atom is -0.494 e. The van der Waals surface area contributed by atoms with E-state index in [1.165, 1.54) is 0 Å². The van der Waals surface area contributed by atoms with Gasteiger partial charge in [-0.1, -0.05) is 48.5 Å². The Bertz CT molecular complexity index is 1070. The quantitative estimate of drug-likeness (QED) is 0.349. The highest BCUT2D eigenvalue weighted by Gasteiger charge is 2.11. The SMILES string of the molecule is CCCOc1ccc(-c2ccc(-c3noc(-c4ccc(OCC)cc4)n3)cc2)cc1. The van der Waals surface area contributed by atoms with E-state index in [1.807, 2.05) is 55.5 Å². The number of aromatic nitrogens is 2. The average molecular weight is 400 g/mol. The summed E-state index contributed by atoms with van der Waals surface area (Å²) >= 11 is 0. The van der Waals surface area contributed by atoms with Crippen LogP contribution >= 0.6 is 0 Å². The molecule has 0 saturated heterocycles. The van der Waals surface area contributed by atoms with Crippen LogP contribution in [0.15, 0.2) is 77.3 Å². The fourth-order valence-electron chi connectivity index (χ4n) is 3.09. The summed E-state index contributed by atoms with van der Waals surface area (Å²) in [5, 5.41) is 4.13. The van der Waals surface area contributed by atoms with Gasteiger partial charge in [-0.2, -0.15) is 4.98 Å². The summed E-state index contributed by atoms with van der Waals surface area (Å²) in [6.07, 6.45) is 1.000. The summed E-state index contributed by atoms with van der Waals surface area (Å²) in [6.45, 7) is 5.43. The molecule has 0 aliphatic carbocycles. The van der Waals surface area contributed by atoms with Crippen molar-refractivity contribution in [2.75, 3.05) is 13.2 Å². The average Bonchev–Trinajstić information content (AvgIpc) is 3.29. The maximum atomic E-state index is 5.65. The summed E-state index contributed by atoms with van der Waals surface area (Å²) in [5.41, 5.74) is 4.02. The first-order chi connectivity index (χ1) is 14.8. The molecule has 0 radical (unpaired) electrons. The molecule has 0 N–H and O–H groups in total. The second kappa shape index (κ2) is 9.27. The lowest BCUT2D eigenvalue weighted by atomic mass is 10.0. The van der Waals surface area contributed by atoms with Gasteiger partial charge in [0.15, 0.2) is 0 Å². The van der Waals surface area contributed by atoms with E-state index in [0.717, 1.165) is 46.8 Å². The Balaban J connectivity index is 1.48. The molecule has 1 heterocycles. The first-order valence-electron chi connectivity index (χ1n) is 10.2. The Labute approximate surface area is 176 Å². The molecule has 0 atom stereocenters. The van der Waals surface area contributed by atoms with Crippen molar-refractivity contribution in [1.82, 2.24) is 10.1 Å². The zero-order valence-electron chi connectivity index (χ0n) is 17.2. The molecule has 30 heavy (non-hydrogen) atoms. The minimum absolute atomic E-state index is 0.486. The van der Waals surface area contributed by atoms with Gasteiger partial charge in [-0.25, -0.2) is 0 Å². The second-order valence-corrected chi connectivity index (χ2v) is 6.83. The Morgan fingerprint density at radius 1 is 0.667 bits per heavy atom. The topological polar surface area (TPSA) is 57.4 Å². The molecule has 3 aromatic carbocycles. The third kappa shape index (κ3) is 4.51. The molecule has 5 heteroatoms. The van der Waals surface area contributed by atoms with Crippen molar-refractivity contribution >= 4 is 0 Å². The predicted octanol–water partition coefficient (Wildman–Crippen LogP) is 6.26. The Morgan fingerprint density at radius 2 is 1.20 bits per heavy atom. The van der Waals surface area contributed by atoms with Gasteiger partial charge in [0.2, 0.25) is 5.82 Å². The number of hydrogen-bond donors (Lipinski definition) is 0. The lowest BCUT2D eigenvalue weighted by Crippen LogP contribution is -1.94. The van der Waals surface area contributed by atoms with E-state index >= 15 is 0 Å². The van der Waals surface area contributed by atoms with E-state index in [2.05, 4.69) is 41.3 Å². The molecule has 0 saturated carbocycles. The highest BCUT2D eigenvalue weighted by molar-refractivity contribution is 5.68. The van der Waals surface area contributed by atoms with Gasteiger partial charge in [0.25, 0.3) is 5.89 Å². The Morgan fingerprint density at radius 3 is 1.80 bits per heavy atom. The first-order valence-corrected chi connectivity index (χ1v) is 10.2. The molecule has 0 aliphatic heterocycles. The third-order valence-corrected chi connectivity index (χ3v) is 4.64. The van der Waals surface area contributed by atoms with E-state index in [4.69, 9.17) is 14.0 Å². The number of ether oxygens (including phenoxy) is 2. The van der Waals surface area contributed by atoms with Crippen LogP contribution in [0.5, 0.6) is 11.5 Å². The third-order valence-electron chi connectivity index (χ3n) is 4.64. The smallest absolute Gasteiger partial charge is 0.258 e. The van der Waals surface area contributed by atoms with Crippen LogP contribution in [-0.2, 0) is 0 Å². The number of hydrogen-bond acceptors (Lipinski definition) is 5. The highest BCUT2D eigenvalue weighted by Crippen LogP contribution is 2.27. The van der Waals surface area contributed by atoms with Gasteiger partial charge in [-0.15, -0.1) is 0 Å². The van der Waals surface area contributed by atoms with Crippen LogP contribution in [0.25, 0.3) is 34.0 Å². The summed E-state index contributed by atoms with van der Waals surface area (Å²) in [5.74, 6) is 2.76. The van der Waals surface area contributed by atoms with Crippen LogP contribution in [-0.4, -0.2) is 23.4 Å². The van der Waals surface area contributed by atoms with Crippen LogP contribution in [0.2, 0.25) is 0 Å². The molecule has 0 unspecified atom stereocenters. The molecule has 0 bridgehead atoms. The van der Waals surface area contributed by atoms with Crippen LogP contribution in [0, 0.1) is 0 Å². The summed E-state index contributed by atoms with van der Waals surface area (Å²) in [6, 6.07) is 23.9. The van der Waals surface area contributed by atoms with Gasteiger partial charge in [0.05, 0.1) is 13.2 Å². The zero-order valence-corrected chi connectivity index (χ0v) is 17.2. The van der Waals surface area contributed by atoms with Gasteiger partial charge >= 0.3 is 0 Å². The molecular weight excluding hydrogens is 376 g/mol. The number of benzene rings is 3. The number of nitrogens with zero attached hydrogens (tertiary/aromatic N) is 2. The number of rotatable bonds is 8. The molecule has 0 aliphatic rings. The maximum absolute atomic E-state index is 5.65. The molecule has 152 valence electrons. The second-order valence-electron chi connectivity index (χ2n) is 6.83. The van der Waals surface area contributed by atoms with Crippen molar-refractivity contribution in [3.05, 3.63) is 72.8 Å². The molecule has 0 amide bonds. The predicted molar refractivity (Wildman–Crippen MR) is 118 cm³/mol. The monoisotopic (exact) mass is 400 g/mol. The van der Waals surface area contributed by atoms with Crippen molar-refractivity contribution in [1.29, 1.82) is 0 Å². The molecule has 4 rings (SSSR count). The van der Waals surface area contributed by atoms with Crippen LogP contribution in [0.3, 0.4) is 0 Å². The largest absolute Gasteiger partial charge is 0.494 e. The molecule has 4 aromatic rings. The molecular formula is C25H24N2O3. The molecule has 1 aromatic heterocycles. The fourth-order valence-corrected chi connectivity index (χ4v) is 3.09. The lowest BCUT2D eigenvalue weighted by Gasteiger charge is -2.06. The van der Waals surface area contributed by atoms with Crippen molar-refractivity contribution in [3.63, 3.8) is 0 Å². The van der Waals surface area contributed by atoms with E-state index < -0.39 is 0 Å². The van der Waals surface area contributed by atoms with E-state index in [0.29, 0.717) is 18.3 Å². The summed E-state index contributed by atoms with van der Waals surface area (Å²) in [7, 11) is 0. The first kappa shape index (κ1) is 19.7. The van der Waals surface area contributed by atoms with E-state index in [9.17, 15) is 0 Å². The van der Waals surface area contributed by atoms with Crippen molar-refractivity contribution < 1.29 is 14.0 Å². The lowest BCUT2D eigenvalue weighted by molar-refractivity contribution is 0.317. The maximum Gasteiger partial charge on any atom is 0.258 e. The minimum atomic E-state index is 0.486. The highest BCUT2D eigenvalue weighted by atomic mass is 16.5. The standard InChI is InChI=1S/C25H24N2O3/c1-3-17-29-23-13-9-19(10-14-23)18-5-7-20(8-6-18)24-26-25(30-27-24)21-11-15-22(16-12-21)28-4-2/h5-16H,3-4,17H2,1-2H3. The summed E-state index contributed by atoms with van der Waals surface area (Å²) < 4.78 is 16.6. The van der Waals surface area contributed by atoms with Crippen molar-refractivity contribution in [2.24, 2.45) is 0 Å². The zero-order chi connectivity index (χ0) is 20.8. The van der Waals surface area contributed by atoms with Crippen molar-refractivity contribution in [2.45, 2.75) is 20.3 Å². The normalized spacial score (nSPS) is 10.7. The van der Waals surface area contributed by atoms with Gasteiger partial charge < -0.3 is 14.0 Å². The van der Waals surface area contributed by atoms with Crippen LogP contribution < -0.4 is 9.47 Å². The van der Waals surface area contributed by atoms with Crippen molar-refractivity contribution in [3.8, 4) is 45.5 Å².